The van der Waals surface area contributed by atoms with Crippen LogP contribution in [0.4, 0.5) is 0 Å². The summed E-state index contributed by atoms with van der Waals surface area (Å²) < 4.78 is 5.66. The number of hydrogen-bond donors (Lipinski definition) is 3. The lowest BCUT2D eigenvalue weighted by Crippen LogP contribution is -2.38. The van der Waals surface area contributed by atoms with Crippen molar-refractivity contribution in [1.82, 2.24) is 20.8 Å². The largest absolute Gasteiger partial charge is 0.491 e. The summed E-state index contributed by atoms with van der Waals surface area (Å²) in [5.74, 6) is 0.814. The van der Waals surface area contributed by atoms with E-state index in [-0.39, 0.29) is 12.6 Å². The van der Waals surface area contributed by atoms with Crippen molar-refractivity contribution in [3.63, 3.8) is 0 Å². The van der Waals surface area contributed by atoms with Crippen LogP contribution in [0.25, 0.3) is 0 Å². The summed E-state index contributed by atoms with van der Waals surface area (Å²) in [5, 5.41) is 24.9. The lowest BCUT2D eigenvalue weighted by Gasteiger charge is -2.18. The molecule has 2 unspecified atom stereocenters. The molecular formula is C19H27ClN4O2. The molecule has 0 spiro atoms. The van der Waals surface area contributed by atoms with E-state index in [1.165, 1.54) is 0 Å². The van der Waals surface area contributed by atoms with Crippen LogP contribution in [0.1, 0.15) is 24.6 Å². The Bertz CT molecular complexity index is 654. The average molecular weight is 379 g/mol. The van der Waals surface area contributed by atoms with Gasteiger partial charge in [0.05, 0.1) is 5.69 Å². The van der Waals surface area contributed by atoms with E-state index < -0.39 is 6.10 Å². The smallest absolute Gasteiger partial charge is 0.151 e. The molecule has 0 bridgehead atoms. The van der Waals surface area contributed by atoms with E-state index in [2.05, 4.69) is 27.8 Å². The zero-order valence-electron chi connectivity index (χ0n) is 15.3. The molecule has 0 amide bonds. The van der Waals surface area contributed by atoms with Gasteiger partial charge >= 0.3 is 0 Å². The number of aliphatic hydroxyl groups excluding tert-OH is 1. The molecule has 0 aliphatic carbocycles. The highest BCUT2D eigenvalue weighted by molar-refractivity contribution is 6.29. The number of nitrogens with zero attached hydrogens (tertiary/aromatic N) is 2. The Balaban J connectivity index is 1.55. The summed E-state index contributed by atoms with van der Waals surface area (Å²) in [6, 6.07) is 11.7. The molecule has 2 atom stereocenters. The van der Waals surface area contributed by atoms with Crippen LogP contribution in [-0.2, 0) is 6.54 Å². The van der Waals surface area contributed by atoms with Crippen LogP contribution in [0.5, 0.6) is 5.75 Å². The van der Waals surface area contributed by atoms with Gasteiger partial charge in [-0.15, -0.1) is 5.10 Å². The fourth-order valence-electron chi connectivity index (χ4n) is 2.38. The summed E-state index contributed by atoms with van der Waals surface area (Å²) in [6.45, 7) is 6.36. The minimum absolute atomic E-state index is 0.276. The molecule has 2 aromatic rings. The van der Waals surface area contributed by atoms with E-state index in [0.29, 0.717) is 18.2 Å². The van der Waals surface area contributed by atoms with Crippen molar-refractivity contribution < 1.29 is 9.84 Å². The molecule has 0 radical (unpaired) electrons. The molecule has 0 saturated heterocycles. The maximum absolute atomic E-state index is 10.1. The number of aliphatic hydroxyl groups is 1. The maximum Gasteiger partial charge on any atom is 0.151 e. The number of nitrogens with one attached hydrogen (secondary N) is 2. The first kappa shape index (κ1) is 20.6. The van der Waals surface area contributed by atoms with Crippen molar-refractivity contribution in [3.05, 3.63) is 52.8 Å². The molecule has 0 aliphatic rings. The molecular weight excluding hydrogens is 352 g/mol. The second-order valence-corrected chi connectivity index (χ2v) is 6.74. The molecule has 1 aromatic heterocycles. The summed E-state index contributed by atoms with van der Waals surface area (Å²) >= 11 is 5.71. The highest BCUT2D eigenvalue weighted by atomic mass is 35.5. The summed E-state index contributed by atoms with van der Waals surface area (Å²) in [6.07, 6.45) is 0.390. The van der Waals surface area contributed by atoms with Crippen molar-refractivity contribution >= 4 is 11.6 Å². The summed E-state index contributed by atoms with van der Waals surface area (Å²) in [7, 11) is 0. The Morgan fingerprint density at radius 1 is 1.19 bits per heavy atom. The Kier molecular flexibility index (Phi) is 8.77. The second kappa shape index (κ2) is 11.1. The summed E-state index contributed by atoms with van der Waals surface area (Å²) in [4.78, 5) is 0. The van der Waals surface area contributed by atoms with Crippen LogP contribution in [0.15, 0.2) is 36.4 Å². The van der Waals surface area contributed by atoms with Gasteiger partial charge in [-0.05, 0) is 50.6 Å². The molecule has 7 heteroatoms. The van der Waals surface area contributed by atoms with Gasteiger partial charge in [0.15, 0.2) is 5.15 Å². The Hall–Kier alpha value is -1.73. The van der Waals surface area contributed by atoms with Crippen molar-refractivity contribution in [3.8, 4) is 5.75 Å². The monoisotopic (exact) mass is 378 g/mol. The number of rotatable bonds is 11. The molecule has 0 saturated carbocycles. The van der Waals surface area contributed by atoms with E-state index >= 15 is 0 Å². The number of hydrogen-bond acceptors (Lipinski definition) is 6. The van der Waals surface area contributed by atoms with Crippen LogP contribution in [0.2, 0.25) is 5.15 Å². The lowest BCUT2D eigenvalue weighted by atomic mass is 10.2. The van der Waals surface area contributed by atoms with Gasteiger partial charge in [0.2, 0.25) is 0 Å². The number of aryl methyl sites for hydroxylation is 1. The molecule has 1 heterocycles. The first-order valence-corrected chi connectivity index (χ1v) is 9.21. The van der Waals surface area contributed by atoms with Crippen molar-refractivity contribution in [2.45, 2.75) is 39.0 Å². The van der Waals surface area contributed by atoms with Gasteiger partial charge in [0.25, 0.3) is 0 Å². The third kappa shape index (κ3) is 7.66. The first-order chi connectivity index (χ1) is 12.5. The highest BCUT2D eigenvalue weighted by Gasteiger charge is 2.09. The Morgan fingerprint density at radius 3 is 2.73 bits per heavy atom. The van der Waals surface area contributed by atoms with Gasteiger partial charge in [-0.2, -0.15) is 5.10 Å². The zero-order valence-corrected chi connectivity index (χ0v) is 16.0. The van der Waals surface area contributed by atoms with Crippen LogP contribution in [0, 0.1) is 6.92 Å². The topological polar surface area (TPSA) is 79.3 Å². The molecule has 3 N–H and O–H groups in total. The van der Waals surface area contributed by atoms with Crippen LogP contribution < -0.4 is 15.4 Å². The average Bonchev–Trinajstić information content (AvgIpc) is 2.64. The van der Waals surface area contributed by atoms with Gasteiger partial charge in [0, 0.05) is 19.1 Å². The number of para-hydroxylation sites is 1. The van der Waals surface area contributed by atoms with E-state index in [9.17, 15) is 5.11 Å². The third-order valence-corrected chi connectivity index (χ3v) is 4.18. The van der Waals surface area contributed by atoms with Gasteiger partial charge in [-0.3, -0.25) is 0 Å². The van der Waals surface area contributed by atoms with Gasteiger partial charge in [-0.1, -0.05) is 29.8 Å². The van der Waals surface area contributed by atoms with E-state index in [1.807, 2.05) is 37.3 Å². The minimum Gasteiger partial charge on any atom is -0.491 e. The molecule has 26 heavy (non-hydrogen) atoms. The SMILES string of the molecule is Cc1ccccc1OCC(O)CNC(C)CCNCc1ccc(Cl)nn1. The number of ether oxygens (including phenoxy) is 1. The maximum atomic E-state index is 10.1. The van der Waals surface area contributed by atoms with E-state index in [4.69, 9.17) is 16.3 Å². The third-order valence-electron chi connectivity index (χ3n) is 3.97. The fourth-order valence-corrected chi connectivity index (χ4v) is 2.48. The predicted molar refractivity (Wildman–Crippen MR) is 104 cm³/mol. The molecule has 6 nitrogen and oxygen atoms in total. The molecule has 0 aliphatic heterocycles. The lowest BCUT2D eigenvalue weighted by molar-refractivity contribution is 0.103. The van der Waals surface area contributed by atoms with Crippen LogP contribution in [-0.4, -0.2) is 47.1 Å². The fraction of sp³-hybridized carbons (Fsp3) is 0.474. The number of benzene rings is 1. The zero-order chi connectivity index (χ0) is 18.8. The van der Waals surface area contributed by atoms with Crippen molar-refractivity contribution in [2.75, 3.05) is 19.7 Å². The van der Waals surface area contributed by atoms with E-state index in [0.717, 1.165) is 30.0 Å². The normalized spacial score (nSPS) is 13.4. The number of halogens is 1. The van der Waals surface area contributed by atoms with Crippen LogP contribution >= 0.6 is 11.6 Å². The standard InChI is InChI=1S/C19H27ClN4O2/c1-14-5-3-4-6-18(14)26-13-17(25)12-22-15(2)9-10-21-11-16-7-8-19(20)24-23-16/h3-8,15,17,21-22,25H,9-13H2,1-2H3. The number of aromatic nitrogens is 2. The van der Waals surface area contributed by atoms with Gasteiger partial charge in [-0.25, -0.2) is 0 Å². The second-order valence-electron chi connectivity index (χ2n) is 6.35. The van der Waals surface area contributed by atoms with E-state index in [1.54, 1.807) is 6.07 Å². The first-order valence-electron chi connectivity index (χ1n) is 8.83. The molecule has 1 aromatic carbocycles. The molecule has 2 rings (SSSR count). The van der Waals surface area contributed by atoms with Gasteiger partial charge < -0.3 is 20.5 Å². The van der Waals surface area contributed by atoms with Gasteiger partial charge in [0.1, 0.15) is 18.5 Å². The quantitative estimate of drug-likeness (QED) is 0.521. The Morgan fingerprint density at radius 2 is 2.00 bits per heavy atom. The predicted octanol–water partition coefficient (Wildman–Crippen LogP) is 2.34. The molecule has 142 valence electrons. The minimum atomic E-state index is -0.547. The van der Waals surface area contributed by atoms with Crippen molar-refractivity contribution in [2.24, 2.45) is 0 Å². The summed E-state index contributed by atoms with van der Waals surface area (Å²) in [5.41, 5.74) is 1.93. The Labute approximate surface area is 159 Å². The van der Waals surface area contributed by atoms with Crippen LogP contribution in [0.3, 0.4) is 0 Å². The van der Waals surface area contributed by atoms with Crippen molar-refractivity contribution in [1.29, 1.82) is 0 Å². The highest BCUT2D eigenvalue weighted by Crippen LogP contribution is 2.16. The molecule has 0 fully saturated rings.